The molecule has 0 fully saturated rings. The molecule has 0 radical (unpaired) electrons. The molecule has 0 amide bonds. The van der Waals surface area contributed by atoms with E-state index in [-0.39, 0.29) is 47.1 Å². The molecule has 0 aliphatic carbocycles. The summed E-state index contributed by atoms with van der Waals surface area (Å²) in [7, 11) is -4.75. The second-order valence-corrected chi connectivity index (χ2v) is 15.9. The number of para-hydroxylation sites is 1. The lowest BCUT2D eigenvalue weighted by molar-refractivity contribution is 0.0686. The molecular formula is C40H38N2O12S2. The molecule has 2 aromatic heterocycles. The molecule has 56 heavy (non-hydrogen) atoms. The van der Waals surface area contributed by atoms with Crippen LogP contribution in [0.2, 0.25) is 0 Å². The Hall–Kier alpha value is -6.20. The van der Waals surface area contributed by atoms with Gasteiger partial charge in [-0.25, -0.2) is 26.4 Å². The predicted molar refractivity (Wildman–Crippen MR) is 203 cm³/mol. The largest absolute Gasteiger partial charge is 0.497 e. The Morgan fingerprint density at radius 1 is 0.571 bits per heavy atom. The molecule has 0 atom stereocenters. The van der Waals surface area contributed by atoms with Gasteiger partial charge in [0, 0.05) is 18.7 Å². The van der Waals surface area contributed by atoms with E-state index in [2.05, 4.69) is 0 Å². The molecule has 14 nitrogen and oxygen atoms in total. The van der Waals surface area contributed by atoms with Gasteiger partial charge in [0.25, 0.3) is 0 Å². The lowest BCUT2D eigenvalue weighted by Crippen LogP contribution is -2.30. The van der Waals surface area contributed by atoms with Crippen LogP contribution in [-0.4, -0.2) is 61.8 Å². The van der Waals surface area contributed by atoms with Gasteiger partial charge < -0.3 is 28.5 Å². The van der Waals surface area contributed by atoms with Crippen LogP contribution in [0.15, 0.2) is 152 Å². The van der Waals surface area contributed by atoms with Crippen LogP contribution in [0.4, 0.5) is 0 Å². The molecule has 2 heterocycles. The topological polar surface area (TPSA) is 194 Å². The maximum Gasteiger partial charge on any atom is 0.335 e. The summed E-state index contributed by atoms with van der Waals surface area (Å²) in [6.07, 6.45) is 2.96. The summed E-state index contributed by atoms with van der Waals surface area (Å²) in [5.74, 6) is -0.0607. The first-order chi connectivity index (χ1) is 26.8. The Kier molecular flexibility index (Phi) is 13.5. The van der Waals surface area contributed by atoms with Crippen molar-refractivity contribution in [3.05, 3.63) is 168 Å². The average molecular weight is 803 g/mol. The molecule has 4 aromatic carbocycles. The SMILES string of the molecule is COc1cccc(CN(Cc2ccco2)S(=O)(=O)c2ccc(C(=O)O)cc2)c1.COc1ccccc1CN(Cc1ccco1)S(=O)(=O)c1ccc(C(=O)O)cc1. The molecule has 0 saturated heterocycles. The number of rotatable bonds is 16. The molecule has 0 saturated carbocycles. The van der Waals surface area contributed by atoms with Gasteiger partial charge in [0.05, 0.1) is 60.8 Å². The Balaban J connectivity index is 0.000000214. The molecule has 0 aliphatic heterocycles. The summed E-state index contributed by atoms with van der Waals surface area (Å²) >= 11 is 0. The molecule has 0 aliphatic rings. The average Bonchev–Trinajstić information content (AvgIpc) is 3.93. The van der Waals surface area contributed by atoms with Crippen molar-refractivity contribution >= 4 is 32.0 Å². The Labute approximate surface area is 323 Å². The highest BCUT2D eigenvalue weighted by molar-refractivity contribution is 7.89. The third kappa shape index (κ3) is 10.3. The van der Waals surface area contributed by atoms with E-state index in [1.807, 2.05) is 0 Å². The van der Waals surface area contributed by atoms with Gasteiger partial charge in [-0.2, -0.15) is 8.61 Å². The Bertz CT molecular complexity index is 2430. The zero-order chi connectivity index (χ0) is 40.3. The van der Waals surface area contributed by atoms with Crippen LogP contribution in [0, 0.1) is 0 Å². The molecule has 292 valence electrons. The first-order valence-electron chi connectivity index (χ1n) is 16.8. The van der Waals surface area contributed by atoms with Gasteiger partial charge in [-0.05, 0) is 96.6 Å². The maximum atomic E-state index is 13.2. The van der Waals surface area contributed by atoms with Crippen molar-refractivity contribution in [2.75, 3.05) is 14.2 Å². The fourth-order valence-corrected chi connectivity index (χ4v) is 8.22. The fourth-order valence-electron chi connectivity index (χ4n) is 5.44. The van der Waals surface area contributed by atoms with Crippen LogP contribution in [0.25, 0.3) is 0 Å². The van der Waals surface area contributed by atoms with E-state index in [1.54, 1.807) is 79.9 Å². The van der Waals surface area contributed by atoms with E-state index in [0.29, 0.717) is 28.6 Å². The van der Waals surface area contributed by atoms with Crippen LogP contribution in [0.1, 0.15) is 43.4 Å². The van der Waals surface area contributed by atoms with E-state index >= 15 is 0 Å². The zero-order valence-electron chi connectivity index (χ0n) is 30.2. The van der Waals surface area contributed by atoms with Gasteiger partial charge in [-0.3, -0.25) is 0 Å². The van der Waals surface area contributed by atoms with E-state index in [9.17, 15) is 26.4 Å². The lowest BCUT2D eigenvalue weighted by atomic mass is 10.2. The number of hydrogen-bond donors (Lipinski definition) is 2. The van der Waals surface area contributed by atoms with Crippen molar-refractivity contribution in [3.63, 3.8) is 0 Å². The third-order valence-electron chi connectivity index (χ3n) is 8.33. The highest BCUT2D eigenvalue weighted by Gasteiger charge is 2.28. The minimum atomic E-state index is -3.92. The number of carboxylic acids is 2. The van der Waals surface area contributed by atoms with Crippen molar-refractivity contribution in [2.45, 2.75) is 36.0 Å². The summed E-state index contributed by atoms with van der Waals surface area (Å²) in [5.41, 5.74) is 1.48. The molecule has 0 unspecified atom stereocenters. The summed E-state index contributed by atoms with van der Waals surface area (Å²) in [6, 6.07) is 31.3. The Morgan fingerprint density at radius 2 is 1.07 bits per heavy atom. The van der Waals surface area contributed by atoms with Crippen LogP contribution in [0.3, 0.4) is 0 Å². The summed E-state index contributed by atoms with van der Waals surface area (Å²) < 4.78 is 76.6. The first kappa shape index (κ1) is 41.0. The summed E-state index contributed by atoms with van der Waals surface area (Å²) in [6.45, 7) is 0.218. The number of carbonyl (C=O) groups is 2. The molecule has 6 rings (SSSR count). The number of nitrogens with zero attached hydrogens (tertiary/aromatic N) is 2. The van der Waals surface area contributed by atoms with Gasteiger partial charge >= 0.3 is 11.9 Å². The minimum absolute atomic E-state index is 0.000968. The fraction of sp³-hybridized carbons (Fsp3) is 0.150. The van der Waals surface area contributed by atoms with Gasteiger partial charge in [0.2, 0.25) is 20.0 Å². The quantitative estimate of drug-likeness (QED) is 0.105. The number of ether oxygens (including phenoxy) is 2. The molecular weight excluding hydrogens is 765 g/mol. The third-order valence-corrected chi connectivity index (χ3v) is 11.9. The number of sulfonamides is 2. The second kappa shape index (κ2) is 18.4. The number of carboxylic acid groups (broad SMARTS) is 2. The van der Waals surface area contributed by atoms with Gasteiger partial charge in [0.15, 0.2) is 0 Å². The van der Waals surface area contributed by atoms with Gasteiger partial charge in [-0.15, -0.1) is 0 Å². The van der Waals surface area contributed by atoms with E-state index in [4.69, 9.17) is 28.5 Å². The van der Waals surface area contributed by atoms with E-state index < -0.39 is 32.0 Å². The van der Waals surface area contributed by atoms with Gasteiger partial charge in [0.1, 0.15) is 23.0 Å². The number of furan rings is 2. The van der Waals surface area contributed by atoms with Crippen molar-refractivity contribution in [3.8, 4) is 11.5 Å². The van der Waals surface area contributed by atoms with Crippen LogP contribution in [-0.2, 0) is 46.2 Å². The van der Waals surface area contributed by atoms with Crippen molar-refractivity contribution in [1.29, 1.82) is 0 Å². The normalized spacial score (nSPS) is 11.5. The molecule has 0 spiro atoms. The summed E-state index contributed by atoms with van der Waals surface area (Å²) in [4.78, 5) is 22.1. The highest BCUT2D eigenvalue weighted by atomic mass is 32.2. The van der Waals surface area contributed by atoms with Crippen molar-refractivity contribution < 1.29 is 54.9 Å². The standard InChI is InChI=1S/2C20H19NO6S/c1-26-17-5-2-4-15(12-17)13-21(14-18-6-3-11-27-18)28(24,25)19-9-7-16(8-10-19)20(22)23;1-26-19-7-3-2-5-16(19)13-21(14-17-6-4-12-27-17)28(24,25)18-10-8-15(9-11-18)20(22)23/h2*2-12H,13-14H2,1H3,(H,22,23). The predicted octanol–water partition coefficient (Wildman–Crippen LogP) is 6.76. The second-order valence-electron chi connectivity index (χ2n) is 12.0. The number of aromatic carboxylic acids is 2. The number of methoxy groups -OCH3 is 2. The van der Waals surface area contributed by atoms with Crippen molar-refractivity contribution in [2.24, 2.45) is 0 Å². The number of benzene rings is 4. The zero-order valence-corrected chi connectivity index (χ0v) is 31.9. The Morgan fingerprint density at radius 3 is 1.52 bits per heavy atom. The molecule has 0 bridgehead atoms. The molecule has 6 aromatic rings. The van der Waals surface area contributed by atoms with Crippen molar-refractivity contribution in [1.82, 2.24) is 8.61 Å². The summed E-state index contributed by atoms with van der Waals surface area (Å²) in [5, 5.41) is 18.0. The van der Waals surface area contributed by atoms with Gasteiger partial charge in [-0.1, -0.05) is 30.3 Å². The van der Waals surface area contributed by atoms with Crippen LogP contribution in [0.5, 0.6) is 11.5 Å². The smallest absolute Gasteiger partial charge is 0.335 e. The monoisotopic (exact) mass is 802 g/mol. The minimum Gasteiger partial charge on any atom is -0.497 e. The molecule has 16 heteroatoms. The van der Waals surface area contributed by atoms with E-state index in [0.717, 1.165) is 5.56 Å². The molecule has 2 N–H and O–H groups in total. The number of hydrogen-bond acceptors (Lipinski definition) is 10. The maximum absolute atomic E-state index is 13.2. The lowest BCUT2D eigenvalue weighted by Gasteiger charge is -2.22. The van der Waals surface area contributed by atoms with E-state index in [1.165, 1.54) is 76.8 Å². The first-order valence-corrected chi connectivity index (χ1v) is 19.7. The highest BCUT2D eigenvalue weighted by Crippen LogP contribution is 2.27. The van der Waals surface area contributed by atoms with Crippen LogP contribution < -0.4 is 9.47 Å². The van der Waals surface area contributed by atoms with Crippen LogP contribution >= 0.6 is 0 Å².